The molecule has 5 aliphatic rings. The van der Waals surface area contributed by atoms with Crippen LogP contribution in [0.15, 0.2) is 247 Å². The van der Waals surface area contributed by atoms with Gasteiger partial charge in [-0.2, -0.15) is 0 Å². The van der Waals surface area contributed by atoms with E-state index in [2.05, 4.69) is 0 Å². The van der Waals surface area contributed by atoms with Crippen molar-refractivity contribution in [1.29, 1.82) is 0 Å². The second-order valence-electron chi connectivity index (χ2n) is 34.4. The Kier molecular flexibility index (Phi) is 22.5. The Hall–Kier alpha value is -15.9. The Balaban J connectivity index is 0.000000109. The lowest BCUT2D eigenvalue weighted by molar-refractivity contribution is 0.0536. The van der Waals surface area contributed by atoms with E-state index in [0.717, 1.165) is 115 Å². The fraction of sp³-hybridized carbons (Fsp3) is 0.148. The van der Waals surface area contributed by atoms with Crippen molar-refractivity contribution in [2.24, 2.45) is 0 Å². The number of aryl methyl sites for hydroxylation is 7. The molecular weight excluding hydrogens is 1720 g/mol. The number of rotatable bonds is 9. The molecule has 0 radical (unpaired) electrons. The van der Waals surface area contributed by atoms with Crippen LogP contribution in [0.3, 0.4) is 0 Å². The SMILES string of the molecule is CCc1oc2c(c1C)C(=O)C(=O)c1c-2ccc2c(C)cccc12.COc1ccccc1-c1oc2c(c1C)C(=O)C(=O)c1c-2ccc2c(C)cccc12.Cc1c(-c2ccc(OCC(O)CO)cc2)oc2c1C(=O)C(=O)c1c-2ccc2c(C)cccc12.Cc1c(-c2ccccc2Cl)oc2c1C(=O)C(=O)c1c-2ccc2c(C)cccc12.Cc1oc2c(c1C)C(=O)C(=O)c1c-2ccc2c(C)cccc12. The van der Waals surface area contributed by atoms with Gasteiger partial charge in [-0.25, -0.2) is 0 Å². The van der Waals surface area contributed by atoms with E-state index in [1.807, 2.05) is 263 Å². The number of ether oxygens (including phenoxy) is 2. The number of benzene rings is 13. The number of fused-ring (bicyclic) bond motifs is 25. The molecule has 5 heterocycles. The van der Waals surface area contributed by atoms with Crippen molar-refractivity contribution in [3.8, 4) is 102 Å². The maximum Gasteiger partial charge on any atom is 0.237 e. The van der Waals surface area contributed by atoms with E-state index in [1.54, 1.807) is 51.3 Å². The van der Waals surface area contributed by atoms with Crippen LogP contribution >= 0.6 is 11.6 Å². The third-order valence-corrected chi connectivity index (χ3v) is 26.9. The molecule has 0 saturated heterocycles. The van der Waals surface area contributed by atoms with Gasteiger partial charge in [-0.15, -0.1) is 0 Å². The molecular formula is C115H85ClO19. The van der Waals surface area contributed by atoms with Gasteiger partial charge in [-0.3, -0.25) is 47.9 Å². The van der Waals surface area contributed by atoms with Crippen molar-refractivity contribution in [3.05, 3.63) is 352 Å². The molecule has 23 rings (SSSR count). The molecule has 0 aliphatic heterocycles. The molecule has 19 nitrogen and oxygen atoms in total. The predicted octanol–water partition coefficient (Wildman–Crippen LogP) is 25.7. The van der Waals surface area contributed by atoms with E-state index < -0.39 is 63.9 Å². The van der Waals surface area contributed by atoms with Crippen molar-refractivity contribution in [3.63, 3.8) is 0 Å². The van der Waals surface area contributed by atoms with Gasteiger partial charge >= 0.3 is 0 Å². The molecule has 0 bridgehead atoms. The molecule has 0 amide bonds. The summed E-state index contributed by atoms with van der Waals surface area (Å²) in [6.07, 6.45) is -0.255. The van der Waals surface area contributed by atoms with Crippen LogP contribution < -0.4 is 9.47 Å². The molecule has 5 aliphatic carbocycles. The van der Waals surface area contributed by atoms with Crippen LogP contribution in [0.4, 0.5) is 0 Å². The summed E-state index contributed by atoms with van der Waals surface area (Å²) in [5.41, 5.74) is 18.3. The summed E-state index contributed by atoms with van der Waals surface area (Å²) < 4.78 is 41.3. The third kappa shape index (κ3) is 14.3. The number of ketones is 10. The van der Waals surface area contributed by atoms with Crippen molar-refractivity contribution in [1.82, 2.24) is 0 Å². The van der Waals surface area contributed by atoms with Gasteiger partial charge in [0.25, 0.3) is 0 Å². The quantitative estimate of drug-likeness (QED) is 0.127. The molecule has 13 aromatic carbocycles. The minimum Gasteiger partial charge on any atom is -0.496 e. The highest BCUT2D eigenvalue weighted by Crippen LogP contribution is 2.51. The first-order valence-corrected chi connectivity index (χ1v) is 44.5. The van der Waals surface area contributed by atoms with Gasteiger partial charge in [0.2, 0.25) is 57.8 Å². The minimum absolute atomic E-state index is 0.0231. The first-order chi connectivity index (χ1) is 65.0. The normalized spacial score (nSPS) is 13.2. The minimum atomic E-state index is -0.952. The number of furan rings is 5. The highest BCUT2D eigenvalue weighted by molar-refractivity contribution is 6.58. The summed E-state index contributed by atoms with van der Waals surface area (Å²) in [5.74, 6) is 1.68. The van der Waals surface area contributed by atoms with E-state index >= 15 is 0 Å². The summed E-state index contributed by atoms with van der Waals surface area (Å²) in [6.45, 7) is 22.4. The van der Waals surface area contributed by atoms with Gasteiger partial charge in [-0.1, -0.05) is 164 Å². The topological polar surface area (TPSA) is 295 Å². The molecule has 2 N–H and O–H groups in total. The van der Waals surface area contributed by atoms with E-state index in [4.69, 9.17) is 48.3 Å². The Morgan fingerprint density at radius 2 is 0.593 bits per heavy atom. The van der Waals surface area contributed by atoms with Crippen LogP contribution in [-0.4, -0.2) is 94.5 Å². The number of hydrogen-bond acceptors (Lipinski definition) is 19. The van der Waals surface area contributed by atoms with E-state index in [1.165, 1.54) is 0 Å². The highest BCUT2D eigenvalue weighted by atomic mass is 35.5. The molecule has 666 valence electrons. The number of hydrogen-bond donors (Lipinski definition) is 2. The number of Topliss-reactive ketones (excluding diaryl/α,β-unsaturated/α-hetero) is 10. The number of carbonyl (C=O) groups excluding carboxylic acids is 10. The van der Waals surface area contributed by atoms with E-state index in [9.17, 15) is 53.1 Å². The molecule has 135 heavy (non-hydrogen) atoms. The Morgan fingerprint density at radius 1 is 0.289 bits per heavy atom. The number of methoxy groups -OCH3 is 1. The monoisotopic (exact) mass is 1800 g/mol. The van der Waals surface area contributed by atoms with Crippen LogP contribution in [0, 0.1) is 76.2 Å². The van der Waals surface area contributed by atoms with E-state index in [-0.39, 0.29) is 13.2 Å². The molecule has 1 unspecified atom stereocenters. The largest absolute Gasteiger partial charge is 0.496 e. The van der Waals surface area contributed by atoms with Crippen LogP contribution in [0.1, 0.15) is 178 Å². The lowest BCUT2D eigenvalue weighted by Gasteiger charge is -2.16. The smallest absolute Gasteiger partial charge is 0.237 e. The molecule has 0 saturated carbocycles. The maximum absolute atomic E-state index is 13.2. The van der Waals surface area contributed by atoms with Crippen molar-refractivity contribution in [2.45, 2.75) is 95.6 Å². The average molecular weight is 1810 g/mol. The standard InChI is InChI=1S/C27H22O6.C25H18O4.C24H15ClO3.C20H16O3.C19H14O3/c1-14-4-3-5-20-19(14)10-11-21-23(20)25(31)24(30)22-15(2)26(33-27(21)22)16-6-8-18(9-7-16)32-13-17(29)12-28;1-13-7-6-9-16-15(13)11-12-18-21(16)23(27)22(26)20-14(2)24(29-25(18)20)17-8-4-5-10-19(17)28-3;1-12-6-5-8-15-14(12)10-11-17-20(15)22(27)21(26)19-13(2)23(28-24(17)19)16-7-3-4-9-18(16)25;1-4-15-11(3)16-18(21)19(22)17-13-7-5-6-10(2)12(13)8-9-14(17)20(16)23-15;1-9-5-4-6-13-12(9)7-8-14-16(13)18(21)17(20)15-10(2)11(3)22-19(14)15/h3-11,17,28-29H,12-13H2,1-2H3;4-12H,1-3H3;3-11H,1-2H3;5-9H,4H2,1-3H3;4-8H,1-3H3. The van der Waals surface area contributed by atoms with Crippen molar-refractivity contribution in [2.75, 3.05) is 20.3 Å². The molecule has 18 aromatic rings. The summed E-state index contributed by atoms with van der Waals surface area (Å²) in [4.78, 5) is 129. The van der Waals surface area contributed by atoms with Gasteiger partial charge in [0.05, 0.1) is 52.1 Å². The highest BCUT2D eigenvalue weighted by Gasteiger charge is 2.44. The second-order valence-corrected chi connectivity index (χ2v) is 34.8. The summed E-state index contributed by atoms with van der Waals surface area (Å²) in [5, 5.41) is 27.7. The fourth-order valence-electron chi connectivity index (χ4n) is 19.5. The summed E-state index contributed by atoms with van der Waals surface area (Å²) in [6, 6.07) is 70.0. The summed E-state index contributed by atoms with van der Waals surface area (Å²) >= 11 is 6.34. The molecule has 0 fully saturated rings. The van der Waals surface area contributed by atoms with Gasteiger partial charge < -0.3 is 41.8 Å². The predicted molar refractivity (Wildman–Crippen MR) is 519 cm³/mol. The lowest BCUT2D eigenvalue weighted by Crippen LogP contribution is -2.21. The molecule has 20 heteroatoms. The first kappa shape index (κ1) is 88.3. The zero-order valence-electron chi connectivity index (χ0n) is 75.8. The number of para-hydroxylation sites is 1. The third-order valence-electron chi connectivity index (χ3n) is 26.6. The Labute approximate surface area is 778 Å². The summed E-state index contributed by atoms with van der Waals surface area (Å²) in [7, 11) is 1.59. The zero-order chi connectivity index (χ0) is 95.0. The lowest BCUT2D eigenvalue weighted by atomic mass is 9.83. The van der Waals surface area contributed by atoms with E-state index in [0.29, 0.717) is 175 Å². The van der Waals surface area contributed by atoms with Crippen LogP contribution in [0.2, 0.25) is 5.02 Å². The van der Waals surface area contributed by atoms with Gasteiger partial charge in [-0.05, 0) is 237 Å². The van der Waals surface area contributed by atoms with Crippen LogP contribution in [0.25, 0.3) is 144 Å². The van der Waals surface area contributed by atoms with Gasteiger partial charge in [0, 0.05) is 101 Å². The van der Waals surface area contributed by atoms with Crippen LogP contribution in [0.5, 0.6) is 11.5 Å². The Bertz CT molecular complexity index is 8300. The van der Waals surface area contributed by atoms with Gasteiger partial charge in [0.1, 0.15) is 81.8 Å². The first-order valence-electron chi connectivity index (χ1n) is 44.1. The zero-order valence-corrected chi connectivity index (χ0v) is 76.5. The fourth-order valence-corrected chi connectivity index (χ4v) is 19.7. The van der Waals surface area contributed by atoms with Crippen molar-refractivity contribution >= 4 is 123 Å². The number of aliphatic hydroxyl groups excluding tert-OH is 2. The van der Waals surface area contributed by atoms with Crippen molar-refractivity contribution < 1.29 is 89.7 Å². The molecule has 0 spiro atoms. The molecule has 1 atom stereocenters. The second kappa shape index (κ2) is 34.3. The molecule has 5 aromatic heterocycles. The maximum atomic E-state index is 13.2. The van der Waals surface area contributed by atoms with Gasteiger partial charge in [0.15, 0.2) is 0 Å². The number of halogens is 1. The Morgan fingerprint density at radius 3 is 0.948 bits per heavy atom. The van der Waals surface area contributed by atoms with Crippen LogP contribution in [-0.2, 0) is 6.42 Å². The number of carbonyl (C=O) groups is 10. The number of aliphatic hydroxyl groups is 2. The average Bonchev–Trinajstić information content (AvgIpc) is 1.52.